The number of aromatic nitrogens is 2. The van der Waals surface area contributed by atoms with Crippen molar-refractivity contribution in [3.05, 3.63) is 65.7 Å². The summed E-state index contributed by atoms with van der Waals surface area (Å²) >= 11 is 0. The summed E-state index contributed by atoms with van der Waals surface area (Å²) in [5.74, 6) is -0.251. The second kappa shape index (κ2) is 5.25. The summed E-state index contributed by atoms with van der Waals surface area (Å²) < 4.78 is 13.7. The summed E-state index contributed by atoms with van der Waals surface area (Å²) in [7, 11) is 0. The van der Waals surface area contributed by atoms with Crippen molar-refractivity contribution in [3.8, 4) is 0 Å². The average molecular weight is 267 g/mol. The molecule has 0 bridgehead atoms. The third-order valence-electron chi connectivity index (χ3n) is 3.08. The first-order chi connectivity index (χ1) is 9.72. The van der Waals surface area contributed by atoms with Crippen LogP contribution in [0.15, 0.2) is 48.7 Å². The van der Waals surface area contributed by atoms with Gasteiger partial charge in [0.2, 0.25) is 0 Å². The van der Waals surface area contributed by atoms with Crippen molar-refractivity contribution in [3.63, 3.8) is 0 Å². The maximum absolute atomic E-state index is 13.7. The van der Waals surface area contributed by atoms with Crippen LogP contribution in [-0.2, 0) is 6.54 Å². The Morgan fingerprint density at radius 3 is 2.70 bits per heavy atom. The van der Waals surface area contributed by atoms with Gasteiger partial charge in [-0.05, 0) is 36.8 Å². The first-order valence-electron chi connectivity index (χ1n) is 6.43. The summed E-state index contributed by atoms with van der Waals surface area (Å²) in [5.41, 5.74) is 3.86. The smallest absolute Gasteiger partial charge is 0.146 e. The molecule has 1 aromatic heterocycles. The molecule has 0 unspecified atom stereocenters. The fourth-order valence-electron chi connectivity index (χ4n) is 2.03. The lowest BCUT2D eigenvalue weighted by atomic mass is 10.2. The number of para-hydroxylation sites is 2. The minimum absolute atomic E-state index is 0.251. The molecule has 20 heavy (non-hydrogen) atoms. The zero-order chi connectivity index (χ0) is 13.9. The zero-order valence-electron chi connectivity index (χ0n) is 11.1. The SMILES string of the molecule is Cc1ccc(NCc2cnc3ccccc3n2)c(F)c1. The van der Waals surface area contributed by atoms with E-state index in [-0.39, 0.29) is 5.82 Å². The molecule has 3 nitrogen and oxygen atoms in total. The van der Waals surface area contributed by atoms with Crippen molar-refractivity contribution in [2.24, 2.45) is 0 Å². The highest BCUT2D eigenvalue weighted by Gasteiger charge is 2.03. The monoisotopic (exact) mass is 267 g/mol. The number of nitrogens with one attached hydrogen (secondary N) is 1. The maximum atomic E-state index is 13.7. The zero-order valence-corrected chi connectivity index (χ0v) is 11.1. The predicted molar refractivity (Wildman–Crippen MR) is 78.0 cm³/mol. The minimum atomic E-state index is -0.251. The number of fused-ring (bicyclic) bond motifs is 1. The van der Waals surface area contributed by atoms with E-state index in [0.717, 1.165) is 22.3 Å². The lowest BCUT2D eigenvalue weighted by Crippen LogP contribution is -2.04. The molecule has 0 fully saturated rings. The lowest BCUT2D eigenvalue weighted by molar-refractivity contribution is 0.629. The van der Waals surface area contributed by atoms with Crippen molar-refractivity contribution >= 4 is 16.7 Å². The van der Waals surface area contributed by atoms with E-state index in [1.807, 2.05) is 37.3 Å². The molecule has 0 aliphatic carbocycles. The Bertz CT molecular complexity index is 756. The molecule has 0 radical (unpaired) electrons. The van der Waals surface area contributed by atoms with Gasteiger partial charge in [-0.1, -0.05) is 18.2 Å². The molecule has 3 aromatic rings. The van der Waals surface area contributed by atoms with E-state index in [0.29, 0.717) is 12.2 Å². The normalized spacial score (nSPS) is 10.7. The number of halogens is 1. The molecular weight excluding hydrogens is 253 g/mol. The molecule has 1 N–H and O–H groups in total. The summed E-state index contributed by atoms with van der Waals surface area (Å²) in [6.45, 7) is 2.31. The summed E-state index contributed by atoms with van der Waals surface area (Å²) in [5, 5.41) is 3.04. The third-order valence-corrected chi connectivity index (χ3v) is 3.08. The van der Waals surface area contributed by atoms with Crippen LogP contribution in [0.1, 0.15) is 11.3 Å². The fraction of sp³-hybridized carbons (Fsp3) is 0.125. The first kappa shape index (κ1) is 12.5. The van der Waals surface area contributed by atoms with Gasteiger partial charge in [0, 0.05) is 0 Å². The number of nitrogens with zero attached hydrogens (tertiary/aromatic N) is 2. The van der Waals surface area contributed by atoms with Gasteiger partial charge in [0.1, 0.15) is 5.82 Å². The number of benzene rings is 2. The highest BCUT2D eigenvalue weighted by atomic mass is 19.1. The van der Waals surface area contributed by atoms with Gasteiger partial charge in [-0.2, -0.15) is 0 Å². The Hall–Kier alpha value is -2.49. The standard InChI is InChI=1S/C16H14FN3/c1-11-6-7-14(13(17)8-11)18-9-12-10-19-15-4-2-3-5-16(15)20-12/h2-8,10,18H,9H2,1H3. The van der Waals surface area contributed by atoms with Crippen LogP contribution in [-0.4, -0.2) is 9.97 Å². The highest BCUT2D eigenvalue weighted by Crippen LogP contribution is 2.16. The second-order valence-electron chi connectivity index (χ2n) is 4.69. The number of anilines is 1. The van der Waals surface area contributed by atoms with E-state index in [1.165, 1.54) is 6.07 Å². The molecule has 100 valence electrons. The van der Waals surface area contributed by atoms with Gasteiger partial charge in [0.25, 0.3) is 0 Å². The summed E-state index contributed by atoms with van der Waals surface area (Å²) in [6.07, 6.45) is 1.71. The molecule has 0 spiro atoms. The first-order valence-corrected chi connectivity index (χ1v) is 6.43. The van der Waals surface area contributed by atoms with Crippen molar-refractivity contribution in [1.82, 2.24) is 9.97 Å². The number of aryl methyl sites for hydroxylation is 1. The Kier molecular flexibility index (Phi) is 3.29. The van der Waals surface area contributed by atoms with E-state index in [2.05, 4.69) is 15.3 Å². The quantitative estimate of drug-likeness (QED) is 0.786. The lowest BCUT2D eigenvalue weighted by Gasteiger charge is -2.08. The van der Waals surface area contributed by atoms with E-state index in [1.54, 1.807) is 12.3 Å². The van der Waals surface area contributed by atoms with Crippen LogP contribution >= 0.6 is 0 Å². The Morgan fingerprint density at radius 1 is 1.10 bits per heavy atom. The van der Waals surface area contributed by atoms with Crippen molar-refractivity contribution < 1.29 is 4.39 Å². The van der Waals surface area contributed by atoms with Gasteiger partial charge < -0.3 is 5.32 Å². The van der Waals surface area contributed by atoms with E-state index < -0.39 is 0 Å². The third kappa shape index (κ3) is 2.59. The Morgan fingerprint density at radius 2 is 1.90 bits per heavy atom. The predicted octanol–water partition coefficient (Wildman–Crippen LogP) is 3.69. The van der Waals surface area contributed by atoms with Crippen LogP contribution in [0.5, 0.6) is 0 Å². The molecule has 0 saturated heterocycles. The topological polar surface area (TPSA) is 37.8 Å². The van der Waals surface area contributed by atoms with Crippen LogP contribution in [0.2, 0.25) is 0 Å². The van der Waals surface area contributed by atoms with Gasteiger partial charge in [0.05, 0.1) is 35.2 Å². The van der Waals surface area contributed by atoms with Gasteiger partial charge in [0.15, 0.2) is 0 Å². The number of rotatable bonds is 3. The number of hydrogen-bond donors (Lipinski definition) is 1. The second-order valence-corrected chi connectivity index (χ2v) is 4.69. The van der Waals surface area contributed by atoms with Crippen molar-refractivity contribution in [1.29, 1.82) is 0 Å². The van der Waals surface area contributed by atoms with Crippen LogP contribution in [0.3, 0.4) is 0 Å². The minimum Gasteiger partial charge on any atom is -0.377 e. The van der Waals surface area contributed by atoms with Crippen LogP contribution in [0, 0.1) is 12.7 Å². The summed E-state index contributed by atoms with van der Waals surface area (Å²) in [6, 6.07) is 12.8. The molecular formula is C16H14FN3. The Balaban J connectivity index is 1.79. The van der Waals surface area contributed by atoms with Crippen molar-refractivity contribution in [2.45, 2.75) is 13.5 Å². The van der Waals surface area contributed by atoms with E-state index in [9.17, 15) is 4.39 Å². The fourth-order valence-corrected chi connectivity index (χ4v) is 2.03. The Labute approximate surface area is 116 Å². The maximum Gasteiger partial charge on any atom is 0.146 e. The number of hydrogen-bond acceptors (Lipinski definition) is 3. The highest BCUT2D eigenvalue weighted by molar-refractivity contribution is 5.73. The largest absolute Gasteiger partial charge is 0.377 e. The van der Waals surface area contributed by atoms with Gasteiger partial charge in [-0.15, -0.1) is 0 Å². The molecule has 3 rings (SSSR count). The van der Waals surface area contributed by atoms with Crippen molar-refractivity contribution in [2.75, 3.05) is 5.32 Å². The van der Waals surface area contributed by atoms with E-state index in [4.69, 9.17) is 0 Å². The van der Waals surface area contributed by atoms with Gasteiger partial charge in [-0.25, -0.2) is 9.37 Å². The van der Waals surface area contributed by atoms with E-state index >= 15 is 0 Å². The molecule has 0 aliphatic rings. The van der Waals surface area contributed by atoms with Gasteiger partial charge >= 0.3 is 0 Å². The average Bonchev–Trinajstić information content (AvgIpc) is 2.46. The molecule has 0 atom stereocenters. The van der Waals surface area contributed by atoms with Crippen LogP contribution in [0.25, 0.3) is 11.0 Å². The molecule has 0 saturated carbocycles. The molecule has 4 heteroatoms. The van der Waals surface area contributed by atoms with Gasteiger partial charge in [-0.3, -0.25) is 4.98 Å². The summed E-state index contributed by atoms with van der Waals surface area (Å²) in [4.78, 5) is 8.82. The van der Waals surface area contributed by atoms with Crippen LogP contribution < -0.4 is 5.32 Å². The van der Waals surface area contributed by atoms with Crippen LogP contribution in [0.4, 0.5) is 10.1 Å². The molecule has 0 aliphatic heterocycles. The molecule has 2 aromatic carbocycles. The molecule has 0 amide bonds. The molecule has 1 heterocycles.